The normalized spacial score (nSPS) is 12.1. The number of rotatable bonds is 8. The summed E-state index contributed by atoms with van der Waals surface area (Å²) in [7, 11) is -3.86. The van der Waals surface area contributed by atoms with Crippen LogP contribution in [0.3, 0.4) is 0 Å². The third-order valence-electron chi connectivity index (χ3n) is 5.03. The molecule has 0 aliphatic rings. The van der Waals surface area contributed by atoms with Gasteiger partial charge in [0.1, 0.15) is 5.82 Å². The van der Waals surface area contributed by atoms with Crippen LogP contribution in [0, 0.1) is 24.1 Å². The minimum absolute atomic E-state index is 0.0970. The summed E-state index contributed by atoms with van der Waals surface area (Å²) in [5.74, 6) is -1.59. The molecule has 1 unspecified atom stereocenters. The molecule has 1 atom stereocenters. The molecule has 0 aliphatic heterocycles. The zero-order valence-electron chi connectivity index (χ0n) is 18.0. The van der Waals surface area contributed by atoms with Crippen molar-refractivity contribution in [2.75, 3.05) is 11.9 Å². The third kappa shape index (κ3) is 6.33. The molecule has 10 heteroatoms. The van der Waals surface area contributed by atoms with Gasteiger partial charge in [-0.2, -0.15) is 5.26 Å². The van der Waals surface area contributed by atoms with E-state index < -0.39 is 27.7 Å². The number of nitrogens with zero attached hydrogens (tertiary/aromatic N) is 1. The van der Waals surface area contributed by atoms with E-state index in [0.29, 0.717) is 26.9 Å². The number of carbonyl (C=O) groups is 1. The summed E-state index contributed by atoms with van der Waals surface area (Å²) in [5, 5.41) is 13.3. The van der Waals surface area contributed by atoms with E-state index in [2.05, 4.69) is 16.1 Å². The van der Waals surface area contributed by atoms with Crippen molar-refractivity contribution in [3.63, 3.8) is 0 Å². The lowest BCUT2D eigenvalue weighted by atomic mass is 9.91. The Bertz CT molecular complexity index is 1340. The van der Waals surface area contributed by atoms with Crippen LogP contribution in [-0.2, 0) is 14.8 Å². The second kappa shape index (κ2) is 11.0. The maximum absolute atomic E-state index is 13.0. The van der Waals surface area contributed by atoms with E-state index >= 15 is 0 Å². The maximum atomic E-state index is 13.0. The van der Waals surface area contributed by atoms with Gasteiger partial charge in [-0.3, -0.25) is 4.79 Å². The topological polar surface area (TPSA) is 99.1 Å². The van der Waals surface area contributed by atoms with Crippen LogP contribution in [0.2, 0.25) is 10.0 Å². The molecular weight excluding hydrogens is 500 g/mol. The number of halogens is 3. The predicted molar refractivity (Wildman–Crippen MR) is 130 cm³/mol. The Morgan fingerprint density at radius 3 is 2.35 bits per heavy atom. The van der Waals surface area contributed by atoms with E-state index in [1.165, 1.54) is 0 Å². The van der Waals surface area contributed by atoms with Gasteiger partial charge in [-0.25, -0.2) is 17.5 Å². The van der Waals surface area contributed by atoms with E-state index in [0.717, 1.165) is 29.8 Å². The van der Waals surface area contributed by atoms with E-state index in [9.17, 15) is 22.9 Å². The summed E-state index contributed by atoms with van der Waals surface area (Å²) in [5.41, 5.74) is 2.47. The Kier molecular flexibility index (Phi) is 8.28. The van der Waals surface area contributed by atoms with Gasteiger partial charge in [0, 0.05) is 28.7 Å². The van der Waals surface area contributed by atoms with Gasteiger partial charge in [-0.05, 0) is 66.1 Å². The molecule has 3 aromatic carbocycles. The van der Waals surface area contributed by atoms with Crippen molar-refractivity contribution in [3.05, 3.63) is 93.2 Å². The van der Waals surface area contributed by atoms with Crippen molar-refractivity contribution in [1.29, 1.82) is 5.26 Å². The smallest absolute Gasteiger partial charge is 0.240 e. The average molecular weight is 520 g/mol. The number of nitriles is 1. The molecule has 0 aliphatic carbocycles. The number of benzene rings is 3. The first kappa shape index (κ1) is 25.7. The van der Waals surface area contributed by atoms with E-state index in [-0.39, 0.29) is 17.9 Å². The van der Waals surface area contributed by atoms with E-state index in [1.54, 1.807) is 43.3 Å². The molecule has 0 saturated heterocycles. The Balaban J connectivity index is 1.66. The summed E-state index contributed by atoms with van der Waals surface area (Å²) in [6.45, 7) is 1.62. The van der Waals surface area contributed by atoms with Crippen LogP contribution < -0.4 is 10.0 Å². The van der Waals surface area contributed by atoms with Crippen molar-refractivity contribution in [2.45, 2.75) is 24.2 Å². The minimum atomic E-state index is -3.86. The monoisotopic (exact) mass is 519 g/mol. The lowest BCUT2D eigenvalue weighted by Gasteiger charge is -2.16. The Labute approximate surface area is 207 Å². The molecule has 6 nitrogen and oxygen atoms in total. The number of sulfonamides is 1. The highest BCUT2D eigenvalue weighted by Crippen LogP contribution is 2.34. The maximum Gasteiger partial charge on any atom is 0.240 e. The molecule has 0 bridgehead atoms. The fourth-order valence-electron chi connectivity index (χ4n) is 3.25. The fourth-order valence-corrected chi connectivity index (χ4v) is 4.68. The van der Waals surface area contributed by atoms with Gasteiger partial charge < -0.3 is 5.32 Å². The summed E-state index contributed by atoms with van der Waals surface area (Å²) in [6, 6.07) is 16.8. The van der Waals surface area contributed by atoms with Crippen molar-refractivity contribution in [2.24, 2.45) is 0 Å². The molecule has 0 spiro atoms. The highest BCUT2D eigenvalue weighted by molar-refractivity contribution is 7.89. The van der Waals surface area contributed by atoms with Crippen LogP contribution >= 0.6 is 23.2 Å². The molecule has 176 valence electrons. The average Bonchev–Trinajstić information content (AvgIpc) is 2.78. The molecular formula is C24H20Cl2FN3O3S. The number of amides is 1. The Hall–Kier alpha value is -2.96. The first-order valence-corrected chi connectivity index (χ1v) is 12.3. The van der Waals surface area contributed by atoms with E-state index in [4.69, 9.17) is 23.2 Å². The van der Waals surface area contributed by atoms with Gasteiger partial charge >= 0.3 is 0 Å². The zero-order chi connectivity index (χ0) is 24.9. The van der Waals surface area contributed by atoms with Gasteiger partial charge in [0.05, 0.1) is 16.9 Å². The van der Waals surface area contributed by atoms with Crippen molar-refractivity contribution in [3.8, 4) is 6.07 Å². The van der Waals surface area contributed by atoms with Gasteiger partial charge in [0.25, 0.3) is 0 Å². The van der Waals surface area contributed by atoms with Gasteiger partial charge in [-0.15, -0.1) is 0 Å². The predicted octanol–water partition coefficient (Wildman–Crippen LogP) is 5.40. The van der Waals surface area contributed by atoms with Crippen LogP contribution in [0.5, 0.6) is 0 Å². The van der Waals surface area contributed by atoms with Crippen LogP contribution in [0.15, 0.2) is 65.6 Å². The summed E-state index contributed by atoms with van der Waals surface area (Å²) >= 11 is 12.4. The van der Waals surface area contributed by atoms with Gasteiger partial charge in [0.15, 0.2) is 0 Å². The zero-order valence-corrected chi connectivity index (χ0v) is 20.3. The molecule has 0 radical (unpaired) electrons. The van der Waals surface area contributed by atoms with Crippen LogP contribution in [0.4, 0.5) is 10.1 Å². The third-order valence-corrected chi connectivity index (χ3v) is 7.09. The molecule has 0 saturated carbocycles. The molecule has 0 aromatic heterocycles. The second-order valence-electron chi connectivity index (χ2n) is 7.45. The Morgan fingerprint density at radius 2 is 1.74 bits per heavy atom. The lowest BCUT2D eigenvalue weighted by molar-refractivity contribution is -0.116. The van der Waals surface area contributed by atoms with Crippen LogP contribution in [-0.4, -0.2) is 20.9 Å². The van der Waals surface area contributed by atoms with Crippen molar-refractivity contribution >= 4 is 44.8 Å². The molecule has 1 amide bonds. The quantitative estimate of drug-likeness (QED) is 0.415. The Morgan fingerprint density at radius 1 is 1.09 bits per heavy atom. The SMILES string of the molecule is Cc1cc(C(C#N)c2ccc(Cl)cc2)c(Cl)cc1NC(=O)CCNS(=O)(=O)c1ccc(F)cc1. The molecule has 0 fully saturated rings. The second-order valence-corrected chi connectivity index (χ2v) is 10.1. The molecule has 3 aromatic rings. The van der Waals surface area contributed by atoms with Crippen LogP contribution in [0.25, 0.3) is 0 Å². The number of nitrogens with one attached hydrogen (secondary N) is 2. The lowest BCUT2D eigenvalue weighted by Crippen LogP contribution is -2.28. The van der Waals surface area contributed by atoms with Crippen LogP contribution in [0.1, 0.15) is 29.0 Å². The summed E-state index contributed by atoms with van der Waals surface area (Å²) in [4.78, 5) is 12.3. The highest BCUT2D eigenvalue weighted by atomic mass is 35.5. The van der Waals surface area contributed by atoms with Gasteiger partial charge in [0.2, 0.25) is 15.9 Å². The minimum Gasteiger partial charge on any atom is -0.326 e. The van der Waals surface area contributed by atoms with Gasteiger partial charge in [-0.1, -0.05) is 41.4 Å². The van der Waals surface area contributed by atoms with Crippen molar-refractivity contribution < 1.29 is 17.6 Å². The highest BCUT2D eigenvalue weighted by Gasteiger charge is 2.19. The standard InChI is InChI=1S/C24H20Cl2FN3O3S/c1-15-12-20(21(14-28)16-2-4-17(25)5-3-16)22(26)13-23(15)30-24(31)10-11-29-34(32,33)19-8-6-18(27)7-9-19/h2-9,12-13,21,29H,10-11H2,1H3,(H,30,31). The largest absolute Gasteiger partial charge is 0.326 e. The first-order chi connectivity index (χ1) is 16.1. The summed E-state index contributed by atoms with van der Waals surface area (Å²) in [6.07, 6.45) is -0.134. The number of anilines is 1. The number of hydrogen-bond acceptors (Lipinski definition) is 4. The number of carbonyl (C=O) groups excluding carboxylic acids is 1. The summed E-state index contributed by atoms with van der Waals surface area (Å²) < 4.78 is 39.8. The fraction of sp³-hybridized carbons (Fsp3) is 0.167. The first-order valence-electron chi connectivity index (χ1n) is 10.1. The number of aryl methyl sites for hydroxylation is 1. The van der Waals surface area contributed by atoms with E-state index in [1.807, 2.05) is 0 Å². The molecule has 3 rings (SSSR count). The molecule has 2 N–H and O–H groups in total. The van der Waals surface area contributed by atoms with Crippen molar-refractivity contribution in [1.82, 2.24) is 4.72 Å². The number of hydrogen-bond donors (Lipinski definition) is 2. The molecule has 34 heavy (non-hydrogen) atoms. The molecule has 0 heterocycles.